The molecule has 18 heavy (non-hydrogen) atoms. The molecule has 5 heteroatoms. The molecule has 0 radical (unpaired) electrons. The summed E-state index contributed by atoms with van der Waals surface area (Å²) in [6, 6.07) is 8.31. The summed E-state index contributed by atoms with van der Waals surface area (Å²) in [4.78, 5) is 2.24. The van der Waals surface area contributed by atoms with E-state index in [0.717, 1.165) is 19.5 Å². The molecule has 1 N–H and O–H groups in total. The minimum atomic E-state index is -3.08. The molecular weight excluding hydrogens is 248 g/mol. The average molecular weight is 268 g/mol. The van der Waals surface area contributed by atoms with E-state index in [0.29, 0.717) is 13.0 Å². The lowest BCUT2D eigenvalue weighted by Gasteiger charge is -2.19. The second-order valence-electron chi connectivity index (χ2n) is 4.58. The van der Waals surface area contributed by atoms with Gasteiger partial charge in [0.25, 0.3) is 0 Å². The van der Waals surface area contributed by atoms with Gasteiger partial charge in [-0.2, -0.15) is 0 Å². The van der Waals surface area contributed by atoms with Crippen LogP contribution >= 0.6 is 0 Å². The van der Waals surface area contributed by atoms with Crippen molar-refractivity contribution in [2.75, 3.05) is 30.3 Å². The molecule has 0 unspecified atom stereocenters. The lowest BCUT2D eigenvalue weighted by Crippen LogP contribution is -2.35. The molecule has 0 aromatic heterocycles. The maximum Gasteiger partial charge on any atom is 0.211 e. The molecule has 0 bridgehead atoms. The fraction of sp³-hybridized carbons (Fsp3) is 0.538. The van der Waals surface area contributed by atoms with Gasteiger partial charge in [0.2, 0.25) is 10.0 Å². The Labute approximate surface area is 109 Å². The number of rotatable bonds is 6. The molecule has 0 saturated carbocycles. The van der Waals surface area contributed by atoms with Crippen LogP contribution in [0.3, 0.4) is 0 Å². The van der Waals surface area contributed by atoms with Gasteiger partial charge in [-0.25, -0.2) is 13.1 Å². The fourth-order valence-electron chi connectivity index (χ4n) is 2.32. The molecule has 4 nitrogen and oxygen atoms in total. The van der Waals surface area contributed by atoms with E-state index < -0.39 is 10.0 Å². The molecular formula is C13H20N2O2S. The van der Waals surface area contributed by atoms with Gasteiger partial charge >= 0.3 is 0 Å². The van der Waals surface area contributed by atoms with Gasteiger partial charge in [-0.3, -0.25) is 0 Å². The number of nitrogens with zero attached hydrogens (tertiary/aromatic N) is 1. The van der Waals surface area contributed by atoms with Crippen molar-refractivity contribution in [3.05, 3.63) is 29.8 Å². The van der Waals surface area contributed by atoms with E-state index in [4.69, 9.17) is 0 Å². The van der Waals surface area contributed by atoms with E-state index in [9.17, 15) is 8.42 Å². The summed E-state index contributed by atoms with van der Waals surface area (Å²) in [6.45, 7) is 4.07. The second-order valence-corrected chi connectivity index (χ2v) is 6.51. The van der Waals surface area contributed by atoms with E-state index in [1.807, 2.05) is 19.1 Å². The molecule has 1 heterocycles. The second kappa shape index (κ2) is 5.71. The van der Waals surface area contributed by atoms with Gasteiger partial charge in [-0.15, -0.1) is 0 Å². The Bertz CT molecular complexity index is 499. The SMILES string of the molecule is CCCS(=O)(=O)NCCN1CCc2ccccc21. The minimum Gasteiger partial charge on any atom is -0.370 e. The molecule has 1 aromatic carbocycles. The Morgan fingerprint density at radius 2 is 2.11 bits per heavy atom. The summed E-state index contributed by atoms with van der Waals surface area (Å²) < 4.78 is 25.7. The highest BCUT2D eigenvalue weighted by Gasteiger charge is 2.18. The van der Waals surface area contributed by atoms with E-state index >= 15 is 0 Å². The maximum absolute atomic E-state index is 11.5. The number of hydrogen-bond donors (Lipinski definition) is 1. The third kappa shape index (κ3) is 3.23. The summed E-state index contributed by atoms with van der Waals surface area (Å²) in [7, 11) is -3.08. The number of para-hydroxylation sites is 1. The topological polar surface area (TPSA) is 49.4 Å². The van der Waals surface area contributed by atoms with Gasteiger partial charge in [0, 0.05) is 25.3 Å². The van der Waals surface area contributed by atoms with Crippen LogP contribution in [0.15, 0.2) is 24.3 Å². The minimum absolute atomic E-state index is 0.212. The zero-order valence-electron chi connectivity index (χ0n) is 10.7. The predicted molar refractivity (Wildman–Crippen MR) is 74.4 cm³/mol. The van der Waals surface area contributed by atoms with Crippen LogP contribution in [0.2, 0.25) is 0 Å². The highest BCUT2D eigenvalue weighted by Crippen LogP contribution is 2.26. The highest BCUT2D eigenvalue weighted by atomic mass is 32.2. The smallest absolute Gasteiger partial charge is 0.211 e. The standard InChI is InChI=1S/C13H20N2O2S/c1-2-11-18(16,17)14-8-10-15-9-7-12-5-3-4-6-13(12)15/h3-6,14H,2,7-11H2,1H3. The molecule has 1 aromatic rings. The monoisotopic (exact) mass is 268 g/mol. The molecule has 0 fully saturated rings. The molecule has 0 spiro atoms. The van der Waals surface area contributed by atoms with Crippen LogP contribution < -0.4 is 9.62 Å². The van der Waals surface area contributed by atoms with Crippen LogP contribution in [0, 0.1) is 0 Å². The van der Waals surface area contributed by atoms with E-state index in [1.165, 1.54) is 11.3 Å². The Balaban J connectivity index is 1.86. The normalized spacial score (nSPS) is 14.8. The summed E-state index contributed by atoms with van der Waals surface area (Å²) in [5, 5.41) is 0. The average Bonchev–Trinajstić information content (AvgIpc) is 2.73. The molecule has 0 saturated heterocycles. The first kappa shape index (κ1) is 13.4. The van der Waals surface area contributed by atoms with Gasteiger partial charge in [0.1, 0.15) is 0 Å². The van der Waals surface area contributed by atoms with Gasteiger partial charge in [-0.05, 0) is 24.5 Å². The van der Waals surface area contributed by atoms with Crippen molar-refractivity contribution in [3.63, 3.8) is 0 Å². The zero-order chi connectivity index (χ0) is 13.0. The van der Waals surface area contributed by atoms with Crippen LogP contribution in [0.5, 0.6) is 0 Å². The van der Waals surface area contributed by atoms with E-state index in [-0.39, 0.29) is 5.75 Å². The van der Waals surface area contributed by atoms with Gasteiger partial charge in [0.15, 0.2) is 0 Å². The van der Waals surface area contributed by atoms with Crippen molar-refractivity contribution in [3.8, 4) is 0 Å². The third-order valence-electron chi connectivity index (χ3n) is 3.16. The van der Waals surface area contributed by atoms with Gasteiger partial charge in [0.05, 0.1) is 5.75 Å². The zero-order valence-corrected chi connectivity index (χ0v) is 11.5. The van der Waals surface area contributed by atoms with Crippen LogP contribution in [0.1, 0.15) is 18.9 Å². The summed E-state index contributed by atoms with van der Waals surface area (Å²) in [5.74, 6) is 0.212. The first-order valence-electron chi connectivity index (χ1n) is 6.42. The highest BCUT2D eigenvalue weighted by molar-refractivity contribution is 7.89. The van der Waals surface area contributed by atoms with E-state index in [1.54, 1.807) is 0 Å². The quantitative estimate of drug-likeness (QED) is 0.848. The van der Waals surface area contributed by atoms with Gasteiger partial charge in [-0.1, -0.05) is 25.1 Å². The Hall–Kier alpha value is -1.07. The molecule has 1 aliphatic rings. The van der Waals surface area contributed by atoms with Crippen molar-refractivity contribution in [1.82, 2.24) is 4.72 Å². The van der Waals surface area contributed by atoms with Gasteiger partial charge < -0.3 is 4.90 Å². The lowest BCUT2D eigenvalue weighted by atomic mass is 10.2. The number of benzene rings is 1. The molecule has 100 valence electrons. The van der Waals surface area contributed by atoms with Crippen LogP contribution in [0.25, 0.3) is 0 Å². The summed E-state index contributed by atoms with van der Waals surface area (Å²) in [6.07, 6.45) is 1.71. The van der Waals surface area contributed by atoms with Crippen LogP contribution in [-0.2, 0) is 16.4 Å². The molecule has 0 amide bonds. The fourth-order valence-corrected chi connectivity index (χ4v) is 3.40. The number of sulfonamides is 1. The third-order valence-corrected chi connectivity index (χ3v) is 4.75. The number of hydrogen-bond acceptors (Lipinski definition) is 3. The first-order chi connectivity index (χ1) is 8.62. The maximum atomic E-state index is 11.5. The Morgan fingerprint density at radius 1 is 1.33 bits per heavy atom. The van der Waals surface area contributed by atoms with Crippen molar-refractivity contribution in [2.45, 2.75) is 19.8 Å². The summed E-state index contributed by atoms with van der Waals surface area (Å²) in [5.41, 5.74) is 2.60. The predicted octanol–water partition coefficient (Wildman–Crippen LogP) is 1.38. The van der Waals surface area contributed by atoms with Crippen LogP contribution in [-0.4, -0.2) is 33.8 Å². The van der Waals surface area contributed by atoms with Crippen molar-refractivity contribution >= 4 is 15.7 Å². The Morgan fingerprint density at radius 3 is 2.89 bits per heavy atom. The first-order valence-corrected chi connectivity index (χ1v) is 8.08. The molecule has 0 atom stereocenters. The Kier molecular flexibility index (Phi) is 4.24. The van der Waals surface area contributed by atoms with E-state index in [2.05, 4.69) is 21.8 Å². The number of nitrogens with one attached hydrogen (secondary N) is 1. The van der Waals surface area contributed by atoms with Crippen molar-refractivity contribution < 1.29 is 8.42 Å². The summed E-state index contributed by atoms with van der Waals surface area (Å²) >= 11 is 0. The van der Waals surface area contributed by atoms with Crippen LogP contribution in [0.4, 0.5) is 5.69 Å². The number of fused-ring (bicyclic) bond motifs is 1. The molecule has 2 rings (SSSR count). The molecule has 1 aliphatic heterocycles. The van der Waals surface area contributed by atoms with Crippen molar-refractivity contribution in [2.24, 2.45) is 0 Å². The largest absolute Gasteiger partial charge is 0.370 e. The van der Waals surface area contributed by atoms with Crippen molar-refractivity contribution in [1.29, 1.82) is 0 Å². The lowest BCUT2D eigenvalue weighted by molar-refractivity contribution is 0.579. The molecule has 0 aliphatic carbocycles. The number of anilines is 1.